The van der Waals surface area contributed by atoms with E-state index in [-0.39, 0.29) is 0 Å². The third kappa shape index (κ3) is 4.23. The van der Waals surface area contributed by atoms with Gasteiger partial charge in [-0.05, 0) is 58.7 Å². The van der Waals surface area contributed by atoms with E-state index < -0.39 is 0 Å². The zero-order valence-corrected chi connectivity index (χ0v) is 11.5. The number of morpholine rings is 1. The Morgan fingerprint density at radius 1 is 1.06 bits per heavy atom. The quantitative estimate of drug-likeness (QED) is 0.745. The summed E-state index contributed by atoms with van der Waals surface area (Å²) in [6, 6.07) is 0.732. The molecule has 0 N–H and O–H groups in total. The van der Waals surface area contributed by atoms with Gasteiger partial charge < -0.3 is 9.64 Å². The van der Waals surface area contributed by atoms with Gasteiger partial charge in [0.2, 0.25) is 0 Å². The van der Waals surface area contributed by atoms with Crippen molar-refractivity contribution in [1.29, 1.82) is 0 Å². The molecule has 0 amide bonds. The van der Waals surface area contributed by atoms with Gasteiger partial charge >= 0.3 is 0 Å². The molecule has 0 spiro atoms. The molecule has 2 aliphatic rings. The third-order valence-corrected chi connectivity index (χ3v) is 4.34. The molecule has 0 aromatic rings. The predicted molar refractivity (Wildman–Crippen MR) is 71.3 cm³/mol. The fraction of sp³-hybridized carbons (Fsp3) is 1.00. The molecule has 2 fully saturated rings. The Balaban J connectivity index is 1.61. The standard InChI is InChI=1S/C14H28N2O/c1-13(2)16-7-4-14(5-8-16)3-6-15-9-11-17-12-10-15/h13-14H,3-12H2,1-2H3. The molecule has 0 bridgehead atoms. The van der Waals surface area contributed by atoms with Gasteiger partial charge in [-0.3, -0.25) is 4.90 Å². The van der Waals surface area contributed by atoms with Crippen LogP contribution in [0.4, 0.5) is 0 Å². The zero-order valence-electron chi connectivity index (χ0n) is 11.5. The Hall–Kier alpha value is -0.120. The highest BCUT2D eigenvalue weighted by Crippen LogP contribution is 2.22. The monoisotopic (exact) mass is 240 g/mol. The summed E-state index contributed by atoms with van der Waals surface area (Å²) in [6.45, 7) is 12.7. The summed E-state index contributed by atoms with van der Waals surface area (Å²) in [4.78, 5) is 5.18. The largest absolute Gasteiger partial charge is 0.379 e. The number of ether oxygens (including phenoxy) is 1. The summed E-state index contributed by atoms with van der Waals surface area (Å²) in [6.07, 6.45) is 4.21. The van der Waals surface area contributed by atoms with Gasteiger partial charge in [0.15, 0.2) is 0 Å². The van der Waals surface area contributed by atoms with Gasteiger partial charge in [0.1, 0.15) is 0 Å². The minimum absolute atomic E-state index is 0.732. The van der Waals surface area contributed by atoms with Crippen molar-refractivity contribution in [3.8, 4) is 0 Å². The summed E-state index contributed by atoms with van der Waals surface area (Å²) in [7, 11) is 0. The number of piperidine rings is 1. The summed E-state index contributed by atoms with van der Waals surface area (Å²) in [5, 5.41) is 0. The lowest BCUT2D eigenvalue weighted by molar-refractivity contribution is 0.0330. The average Bonchev–Trinajstić information content (AvgIpc) is 2.38. The fourth-order valence-corrected chi connectivity index (χ4v) is 2.95. The minimum Gasteiger partial charge on any atom is -0.379 e. The molecule has 0 saturated carbocycles. The maximum Gasteiger partial charge on any atom is 0.0594 e. The zero-order chi connectivity index (χ0) is 12.1. The van der Waals surface area contributed by atoms with Crippen molar-refractivity contribution in [2.45, 2.75) is 39.2 Å². The maximum absolute atomic E-state index is 5.38. The lowest BCUT2D eigenvalue weighted by Crippen LogP contribution is -2.40. The van der Waals surface area contributed by atoms with Crippen molar-refractivity contribution in [3.05, 3.63) is 0 Å². The molecule has 2 heterocycles. The van der Waals surface area contributed by atoms with Crippen LogP contribution in [0.15, 0.2) is 0 Å². The van der Waals surface area contributed by atoms with E-state index in [0.717, 1.165) is 38.3 Å². The summed E-state index contributed by atoms with van der Waals surface area (Å²) >= 11 is 0. The highest BCUT2D eigenvalue weighted by atomic mass is 16.5. The highest BCUT2D eigenvalue weighted by molar-refractivity contribution is 4.75. The van der Waals surface area contributed by atoms with Gasteiger partial charge in [-0.1, -0.05) is 0 Å². The Kier molecular flexibility index (Phi) is 5.26. The molecule has 17 heavy (non-hydrogen) atoms. The molecule has 2 saturated heterocycles. The SMILES string of the molecule is CC(C)N1CCC(CCN2CCOCC2)CC1. The molecule has 3 heteroatoms. The topological polar surface area (TPSA) is 15.7 Å². The van der Waals surface area contributed by atoms with Crippen LogP contribution in [0.2, 0.25) is 0 Å². The van der Waals surface area contributed by atoms with Gasteiger partial charge in [-0.15, -0.1) is 0 Å². The van der Waals surface area contributed by atoms with Crippen LogP contribution in [0.1, 0.15) is 33.1 Å². The van der Waals surface area contributed by atoms with Gasteiger partial charge in [0.25, 0.3) is 0 Å². The van der Waals surface area contributed by atoms with Crippen LogP contribution in [0.5, 0.6) is 0 Å². The third-order valence-electron chi connectivity index (χ3n) is 4.34. The molecule has 0 atom stereocenters. The fourth-order valence-electron chi connectivity index (χ4n) is 2.95. The number of nitrogens with zero attached hydrogens (tertiary/aromatic N) is 2. The van der Waals surface area contributed by atoms with Gasteiger partial charge in [0, 0.05) is 19.1 Å². The smallest absolute Gasteiger partial charge is 0.0594 e. The Morgan fingerprint density at radius 3 is 2.29 bits per heavy atom. The van der Waals surface area contributed by atoms with E-state index in [1.54, 1.807) is 0 Å². The number of hydrogen-bond acceptors (Lipinski definition) is 3. The van der Waals surface area contributed by atoms with E-state index in [4.69, 9.17) is 4.74 Å². The van der Waals surface area contributed by atoms with Crippen LogP contribution in [0.25, 0.3) is 0 Å². The molecular weight excluding hydrogens is 212 g/mol. The molecule has 2 aliphatic heterocycles. The predicted octanol–water partition coefficient (Wildman–Crippen LogP) is 1.83. The van der Waals surface area contributed by atoms with Crippen molar-refractivity contribution in [2.24, 2.45) is 5.92 Å². The Bertz CT molecular complexity index is 206. The first-order valence-corrected chi connectivity index (χ1v) is 7.30. The van der Waals surface area contributed by atoms with E-state index in [1.165, 1.54) is 38.9 Å². The van der Waals surface area contributed by atoms with Crippen molar-refractivity contribution in [3.63, 3.8) is 0 Å². The number of rotatable bonds is 4. The van der Waals surface area contributed by atoms with Crippen molar-refractivity contribution in [2.75, 3.05) is 45.9 Å². The van der Waals surface area contributed by atoms with Crippen LogP contribution in [-0.2, 0) is 4.74 Å². The van der Waals surface area contributed by atoms with E-state index in [0.29, 0.717) is 0 Å². The van der Waals surface area contributed by atoms with E-state index in [9.17, 15) is 0 Å². The first kappa shape index (κ1) is 13.3. The normalized spacial score (nSPS) is 25.6. The highest BCUT2D eigenvalue weighted by Gasteiger charge is 2.21. The summed E-state index contributed by atoms with van der Waals surface area (Å²) in [5.74, 6) is 0.966. The van der Waals surface area contributed by atoms with Crippen molar-refractivity contribution >= 4 is 0 Å². The van der Waals surface area contributed by atoms with Crippen LogP contribution in [0.3, 0.4) is 0 Å². The lowest BCUT2D eigenvalue weighted by Gasteiger charge is -2.35. The van der Waals surface area contributed by atoms with Crippen LogP contribution >= 0.6 is 0 Å². The molecule has 0 aromatic carbocycles. The van der Waals surface area contributed by atoms with Gasteiger partial charge in [0.05, 0.1) is 13.2 Å². The summed E-state index contributed by atoms with van der Waals surface area (Å²) < 4.78 is 5.38. The first-order valence-electron chi connectivity index (χ1n) is 7.30. The Labute approximate surface area is 106 Å². The summed E-state index contributed by atoms with van der Waals surface area (Å²) in [5.41, 5.74) is 0. The number of likely N-dealkylation sites (tertiary alicyclic amines) is 1. The molecule has 100 valence electrons. The minimum atomic E-state index is 0.732. The van der Waals surface area contributed by atoms with Crippen molar-refractivity contribution < 1.29 is 4.74 Å². The van der Waals surface area contributed by atoms with E-state index in [2.05, 4.69) is 23.6 Å². The van der Waals surface area contributed by atoms with E-state index in [1.807, 2.05) is 0 Å². The molecule has 2 rings (SSSR count). The average molecular weight is 240 g/mol. The molecule has 0 aliphatic carbocycles. The maximum atomic E-state index is 5.38. The second-order valence-electron chi connectivity index (χ2n) is 5.82. The van der Waals surface area contributed by atoms with Crippen molar-refractivity contribution in [1.82, 2.24) is 9.80 Å². The second-order valence-corrected chi connectivity index (χ2v) is 5.82. The van der Waals surface area contributed by atoms with Crippen LogP contribution in [-0.4, -0.2) is 61.8 Å². The molecule has 3 nitrogen and oxygen atoms in total. The molecular formula is C14H28N2O. The van der Waals surface area contributed by atoms with Gasteiger partial charge in [-0.25, -0.2) is 0 Å². The molecule has 0 radical (unpaired) electrons. The molecule has 0 unspecified atom stereocenters. The lowest BCUT2D eigenvalue weighted by atomic mass is 9.92. The van der Waals surface area contributed by atoms with E-state index >= 15 is 0 Å². The first-order chi connectivity index (χ1) is 8.25. The number of hydrogen-bond donors (Lipinski definition) is 0. The van der Waals surface area contributed by atoms with Gasteiger partial charge in [-0.2, -0.15) is 0 Å². The van der Waals surface area contributed by atoms with Crippen LogP contribution in [0, 0.1) is 5.92 Å². The molecule has 0 aromatic heterocycles. The van der Waals surface area contributed by atoms with Crippen LogP contribution < -0.4 is 0 Å². The Morgan fingerprint density at radius 2 is 1.71 bits per heavy atom. The second kappa shape index (κ2) is 6.72.